The van der Waals surface area contributed by atoms with Gasteiger partial charge in [-0.15, -0.1) is 11.3 Å². The molecule has 1 aliphatic rings. The summed E-state index contributed by atoms with van der Waals surface area (Å²) in [6.07, 6.45) is 6.01. The molecule has 0 aliphatic heterocycles. The van der Waals surface area contributed by atoms with E-state index in [1.165, 1.54) is 0 Å². The summed E-state index contributed by atoms with van der Waals surface area (Å²) in [6, 6.07) is 4.43. The topological polar surface area (TPSA) is 52.9 Å². The SMILES string of the molecule is NCC#Cc1ccc(Cn2ccn(C3CC3)c2=O)s1. The van der Waals surface area contributed by atoms with Gasteiger partial charge < -0.3 is 5.73 Å². The summed E-state index contributed by atoms with van der Waals surface area (Å²) < 4.78 is 3.59. The fourth-order valence-electron chi connectivity index (χ4n) is 2.02. The quantitative estimate of drug-likeness (QED) is 0.860. The van der Waals surface area contributed by atoms with E-state index in [-0.39, 0.29) is 5.69 Å². The number of aromatic nitrogens is 2. The van der Waals surface area contributed by atoms with E-state index < -0.39 is 0 Å². The van der Waals surface area contributed by atoms with E-state index in [4.69, 9.17) is 5.73 Å². The Bertz CT molecular complexity index is 694. The van der Waals surface area contributed by atoms with Crippen LogP contribution in [-0.2, 0) is 6.54 Å². The Balaban J connectivity index is 1.77. The Kier molecular flexibility index (Phi) is 3.28. The molecule has 0 atom stereocenters. The van der Waals surface area contributed by atoms with E-state index >= 15 is 0 Å². The minimum atomic E-state index is 0.0884. The second-order valence-corrected chi connectivity index (χ2v) is 5.79. The number of thiophene rings is 1. The van der Waals surface area contributed by atoms with E-state index in [0.29, 0.717) is 19.1 Å². The van der Waals surface area contributed by atoms with Gasteiger partial charge in [0.05, 0.1) is 18.0 Å². The Hall–Kier alpha value is -1.77. The minimum absolute atomic E-state index is 0.0884. The first-order valence-electron chi connectivity index (χ1n) is 6.33. The monoisotopic (exact) mass is 273 g/mol. The summed E-state index contributed by atoms with van der Waals surface area (Å²) in [5, 5.41) is 0. The van der Waals surface area contributed by atoms with Gasteiger partial charge in [-0.3, -0.25) is 9.13 Å². The molecule has 1 aliphatic carbocycles. The Morgan fingerprint density at radius 2 is 2.21 bits per heavy atom. The second kappa shape index (κ2) is 5.08. The molecule has 0 amide bonds. The van der Waals surface area contributed by atoms with Gasteiger partial charge in [0.25, 0.3) is 0 Å². The fourth-order valence-corrected chi connectivity index (χ4v) is 2.90. The molecule has 0 spiro atoms. The van der Waals surface area contributed by atoms with Gasteiger partial charge in [0.1, 0.15) is 0 Å². The molecular weight excluding hydrogens is 258 g/mol. The van der Waals surface area contributed by atoms with Crippen molar-refractivity contribution in [3.8, 4) is 11.8 Å². The lowest BCUT2D eigenvalue weighted by molar-refractivity contribution is 0.659. The molecule has 2 aromatic heterocycles. The molecule has 2 aromatic rings. The zero-order chi connectivity index (χ0) is 13.2. The van der Waals surface area contributed by atoms with Gasteiger partial charge in [0.15, 0.2) is 0 Å². The van der Waals surface area contributed by atoms with Crippen LogP contribution in [0.4, 0.5) is 0 Å². The zero-order valence-electron chi connectivity index (χ0n) is 10.5. The molecule has 5 heteroatoms. The highest BCUT2D eigenvalue weighted by molar-refractivity contribution is 7.12. The second-order valence-electron chi connectivity index (χ2n) is 4.62. The van der Waals surface area contributed by atoms with Crippen LogP contribution in [0.1, 0.15) is 28.6 Å². The standard InChI is InChI=1S/C14H15N3OS/c15-7-1-2-12-5-6-13(19-12)10-16-8-9-17(14(16)18)11-3-4-11/h5-6,8-9,11H,3-4,7,10,15H2. The van der Waals surface area contributed by atoms with Crippen LogP contribution < -0.4 is 11.4 Å². The largest absolute Gasteiger partial charge is 0.328 e. The van der Waals surface area contributed by atoms with Crippen LogP contribution in [0.15, 0.2) is 29.3 Å². The number of nitrogens with two attached hydrogens (primary N) is 1. The normalized spacial score (nSPS) is 14.2. The van der Waals surface area contributed by atoms with E-state index in [9.17, 15) is 4.79 Å². The van der Waals surface area contributed by atoms with Gasteiger partial charge in [-0.25, -0.2) is 4.79 Å². The Morgan fingerprint density at radius 3 is 2.95 bits per heavy atom. The number of rotatable bonds is 3. The summed E-state index contributed by atoms with van der Waals surface area (Å²) in [5.74, 6) is 5.85. The lowest BCUT2D eigenvalue weighted by Crippen LogP contribution is -2.23. The highest BCUT2D eigenvalue weighted by atomic mass is 32.1. The summed E-state index contributed by atoms with van der Waals surface area (Å²) in [5.41, 5.74) is 5.43. The van der Waals surface area contributed by atoms with Gasteiger partial charge in [0.2, 0.25) is 0 Å². The maximum Gasteiger partial charge on any atom is 0.328 e. The molecule has 19 heavy (non-hydrogen) atoms. The fraction of sp³-hybridized carbons (Fsp3) is 0.357. The third-order valence-electron chi connectivity index (χ3n) is 3.12. The molecule has 0 saturated heterocycles. The number of hydrogen-bond acceptors (Lipinski definition) is 3. The molecular formula is C14H15N3OS. The lowest BCUT2D eigenvalue weighted by atomic mass is 10.4. The molecule has 98 valence electrons. The van der Waals surface area contributed by atoms with Crippen molar-refractivity contribution >= 4 is 11.3 Å². The first kappa shape index (κ1) is 12.3. The van der Waals surface area contributed by atoms with Crippen LogP contribution in [0.25, 0.3) is 0 Å². The van der Waals surface area contributed by atoms with Crippen molar-refractivity contribution in [1.82, 2.24) is 9.13 Å². The average molecular weight is 273 g/mol. The maximum atomic E-state index is 12.1. The van der Waals surface area contributed by atoms with Gasteiger partial charge in [-0.2, -0.15) is 0 Å². The Labute approximate surface area is 115 Å². The maximum absolute atomic E-state index is 12.1. The molecule has 3 rings (SSSR count). The zero-order valence-corrected chi connectivity index (χ0v) is 11.3. The van der Waals surface area contributed by atoms with Crippen molar-refractivity contribution < 1.29 is 0 Å². The first-order valence-corrected chi connectivity index (χ1v) is 7.14. The van der Waals surface area contributed by atoms with Crippen molar-refractivity contribution in [2.45, 2.75) is 25.4 Å². The van der Waals surface area contributed by atoms with Crippen LogP contribution in [0.5, 0.6) is 0 Å². The van der Waals surface area contributed by atoms with Gasteiger partial charge in [-0.05, 0) is 25.0 Å². The molecule has 0 bridgehead atoms. The van der Waals surface area contributed by atoms with E-state index in [1.54, 1.807) is 15.9 Å². The molecule has 0 radical (unpaired) electrons. The lowest BCUT2D eigenvalue weighted by Gasteiger charge is -1.98. The van der Waals surface area contributed by atoms with E-state index in [1.807, 2.05) is 29.1 Å². The average Bonchev–Trinajstić information content (AvgIpc) is 3.05. The Morgan fingerprint density at radius 1 is 1.37 bits per heavy atom. The summed E-state index contributed by atoms with van der Waals surface area (Å²) in [7, 11) is 0. The van der Waals surface area contributed by atoms with Crippen LogP contribution in [-0.4, -0.2) is 15.7 Å². The molecule has 0 unspecified atom stereocenters. The van der Waals surface area contributed by atoms with Gasteiger partial charge in [0, 0.05) is 23.3 Å². The van der Waals surface area contributed by atoms with Crippen molar-refractivity contribution in [1.29, 1.82) is 0 Å². The minimum Gasteiger partial charge on any atom is -0.320 e. The van der Waals surface area contributed by atoms with Crippen LogP contribution in [0.3, 0.4) is 0 Å². The summed E-state index contributed by atoms with van der Waals surface area (Å²) >= 11 is 1.61. The predicted octanol–water partition coefficient (Wildman–Crippen LogP) is 1.40. The third kappa shape index (κ3) is 2.65. The van der Waals surface area contributed by atoms with E-state index in [2.05, 4.69) is 11.8 Å². The van der Waals surface area contributed by atoms with Crippen molar-refractivity contribution in [3.63, 3.8) is 0 Å². The number of imidazole rings is 1. The summed E-state index contributed by atoms with van der Waals surface area (Å²) in [6.45, 7) is 0.991. The predicted molar refractivity (Wildman–Crippen MR) is 76.3 cm³/mol. The van der Waals surface area contributed by atoms with E-state index in [0.717, 1.165) is 22.6 Å². The van der Waals surface area contributed by atoms with Crippen molar-refractivity contribution in [2.75, 3.05) is 6.54 Å². The summed E-state index contributed by atoms with van der Waals surface area (Å²) in [4.78, 5) is 14.3. The number of hydrogen-bond donors (Lipinski definition) is 1. The number of nitrogens with zero attached hydrogens (tertiary/aromatic N) is 2. The molecule has 4 nitrogen and oxygen atoms in total. The van der Waals surface area contributed by atoms with Crippen molar-refractivity contribution in [3.05, 3.63) is 44.8 Å². The molecule has 1 saturated carbocycles. The van der Waals surface area contributed by atoms with Crippen LogP contribution >= 0.6 is 11.3 Å². The van der Waals surface area contributed by atoms with Gasteiger partial charge in [-0.1, -0.05) is 11.8 Å². The highest BCUT2D eigenvalue weighted by Gasteiger charge is 2.25. The molecule has 2 heterocycles. The third-order valence-corrected chi connectivity index (χ3v) is 4.10. The molecule has 0 aromatic carbocycles. The van der Waals surface area contributed by atoms with Crippen LogP contribution in [0, 0.1) is 11.8 Å². The van der Waals surface area contributed by atoms with Crippen LogP contribution in [0.2, 0.25) is 0 Å². The molecule has 1 fully saturated rings. The highest BCUT2D eigenvalue weighted by Crippen LogP contribution is 2.33. The van der Waals surface area contributed by atoms with Crippen molar-refractivity contribution in [2.24, 2.45) is 5.73 Å². The molecule has 2 N–H and O–H groups in total. The van der Waals surface area contributed by atoms with Gasteiger partial charge >= 0.3 is 5.69 Å². The smallest absolute Gasteiger partial charge is 0.320 e. The first-order chi connectivity index (χ1) is 9.28.